The first-order chi connectivity index (χ1) is 13.3. The molecule has 3 rings (SSSR count). The number of ketones is 1. The molecule has 0 unspecified atom stereocenters. The Morgan fingerprint density at radius 3 is 2.64 bits per heavy atom. The minimum Gasteiger partial charge on any atom is -0.320 e. The number of azo groups is 1. The van der Waals surface area contributed by atoms with Crippen LogP contribution in [0.3, 0.4) is 0 Å². The molecule has 0 aliphatic heterocycles. The van der Waals surface area contributed by atoms with Crippen molar-refractivity contribution in [2.45, 2.75) is 18.9 Å². The Labute approximate surface area is 164 Å². The fourth-order valence-corrected chi connectivity index (χ4v) is 4.32. The number of Topliss-reactive ketones (excluding diaryl/α,β-unsaturated/α-hetero) is 1. The fourth-order valence-electron chi connectivity index (χ4n) is 2.35. The monoisotopic (exact) mass is 414 g/mol. The van der Waals surface area contributed by atoms with Crippen molar-refractivity contribution in [3.63, 3.8) is 0 Å². The van der Waals surface area contributed by atoms with E-state index in [1.54, 1.807) is 31.2 Å². The summed E-state index contributed by atoms with van der Waals surface area (Å²) < 4.78 is 29.2. The van der Waals surface area contributed by atoms with Crippen molar-refractivity contribution in [2.75, 3.05) is 5.75 Å². The summed E-state index contributed by atoms with van der Waals surface area (Å²) in [7, 11) is -4.02. The average Bonchev–Trinajstić information content (AvgIpc) is 3.23. The van der Waals surface area contributed by atoms with Crippen molar-refractivity contribution in [2.24, 2.45) is 10.2 Å². The van der Waals surface area contributed by atoms with Crippen LogP contribution in [0.5, 0.6) is 0 Å². The zero-order valence-electron chi connectivity index (χ0n) is 14.9. The number of nitriles is 1. The van der Waals surface area contributed by atoms with Gasteiger partial charge in [0, 0.05) is 5.56 Å². The maximum absolute atomic E-state index is 12.6. The van der Waals surface area contributed by atoms with Crippen LogP contribution >= 0.6 is 11.5 Å². The Bertz CT molecular complexity index is 1200. The van der Waals surface area contributed by atoms with E-state index in [4.69, 9.17) is 0 Å². The minimum atomic E-state index is -4.02. The Hall–Kier alpha value is -3.23. The molecule has 2 aromatic heterocycles. The smallest absolute Gasteiger partial charge is 0.206 e. The number of rotatable bonds is 6. The van der Waals surface area contributed by atoms with Crippen LogP contribution in [0, 0.1) is 18.3 Å². The van der Waals surface area contributed by atoms with Gasteiger partial charge in [0.2, 0.25) is 14.9 Å². The maximum Gasteiger partial charge on any atom is 0.206 e. The minimum absolute atomic E-state index is 0.116. The summed E-state index contributed by atoms with van der Waals surface area (Å²) in [5.41, 5.74) is 1.43. The zero-order valence-corrected chi connectivity index (χ0v) is 16.5. The number of nitrogens with one attached hydrogen (secondary N) is 1. The van der Waals surface area contributed by atoms with E-state index < -0.39 is 21.4 Å². The number of nitrogens with zero attached hydrogens (tertiary/aromatic N) is 5. The van der Waals surface area contributed by atoms with Gasteiger partial charge < -0.3 is 4.98 Å². The predicted octanol–water partition coefficient (Wildman–Crippen LogP) is 3.49. The molecule has 2 heterocycles. The first-order valence-electron chi connectivity index (χ1n) is 7.97. The number of aromatic amines is 1. The molecule has 28 heavy (non-hydrogen) atoms. The molecule has 0 atom stereocenters. The number of hydrogen-bond donors (Lipinski definition) is 1. The molecule has 0 aliphatic rings. The van der Waals surface area contributed by atoms with E-state index in [1.165, 1.54) is 6.92 Å². The van der Waals surface area contributed by atoms with Gasteiger partial charge in [0.15, 0.2) is 10.8 Å². The molecule has 9 nitrogen and oxygen atoms in total. The number of hydrogen-bond acceptors (Lipinski definition) is 9. The summed E-state index contributed by atoms with van der Waals surface area (Å²) in [4.78, 5) is 18.3. The highest BCUT2D eigenvalue weighted by Crippen LogP contribution is 2.32. The number of H-pyrrole nitrogens is 1. The van der Waals surface area contributed by atoms with Crippen molar-refractivity contribution in [3.05, 3.63) is 41.6 Å². The van der Waals surface area contributed by atoms with Crippen LogP contribution in [0.25, 0.3) is 11.4 Å². The van der Waals surface area contributed by atoms with Crippen LogP contribution in [0.2, 0.25) is 0 Å². The van der Waals surface area contributed by atoms with E-state index in [0.29, 0.717) is 11.3 Å². The molecule has 1 aromatic carbocycles. The van der Waals surface area contributed by atoms with Crippen LogP contribution in [0.1, 0.15) is 18.2 Å². The highest BCUT2D eigenvalue weighted by atomic mass is 32.2. The molecule has 0 spiro atoms. The number of sulfone groups is 1. The lowest BCUT2D eigenvalue weighted by Crippen LogP contribution is -2.14. The van der Waals surface area contributed by atoms with Crippen molar-refractivity contribution in [3.8, 4) is 17.5 Å². The van der Waals surface area contributed by atoms with Gasteiger partial charge in [0.1, 0.15) is 29.0 Å². The first kappa shape index (κ1) is 19.5. The lowest BCUT2D eigenvalue weighted by atomic mass is 10.2. The highest BCUT2D eigenvalue weighted by molar-refractivity contribution is 7.92. The first-order valence-corrected chi connectivity index (χ1v) is 10.4. The lowest BCUT2D eigenvalue weighted by molar-refractivity contribution is -0.114. The largest absolute Gasteiger partial charge is 0.320 e. The van der Waals surface area contributed by atoms with Gasteiger partial charge in [0.25, 0.3) is 0 Å². The third-order valence-corrected chi connectivity index (χ3v) is 6.07. The van der Waals surface area contributed by atoms with Crippen molar-refractivity contribution < 1.29 is 13.2 Å². The Kier molecular flexibility index (Phi) is 5.43. The van der Waals surface area contributed by atoms with Gasteiger partial charge in [-0.25, -0.2) is 13.4 Å². The summed E-state index contributed by atoms with van der Waals surface area (Å²) in [5, 5.41) is 17.0. The molecule has 1 N–H and O–H groups in total. The number of aryl methyl sites for hydroxylation is 1. The van der Waals surface area contributed by atoms with Crippen LogP contribution in [-0.4, -0.2) is 34.3 Å². The number of benzene rings is 1. The second-order valence-corrected chi connectivity index (χ2v) is 8.48. The molecule has 0 bridgehead atoms. The number of carbonyl (C=O) groups excluding carboxylic acids is 1. The van der Waals surface area contributed by atoms with Crippen LogP contribution in [0.15, 0.2) is 45.6 Å². The molecule has 3 aromatic rings. The Morgan fingerprint density at radius 1 is 1.29 bits per heavy atom. The number of carbonyl (C=O) groups is 1. The normalized spacial score (nSPS) is 11.6. The van der Waals surface area contributed by atoms with Gasteiger partial charge in [-0.3, -0.25) is 4.79 Å². The molecule has 11 heteroatoms. The average molecular weight is 414 g/mol. The topological polar surface area (TPSA) is 141 Å². The third kappa shape index (κ3) is 4.03. The highest BCUT2D eigenvalue weighted by Gasteiger charge is 2.26. The Balaban J connectivity index is 2.10. The van der Waals surface area contributed by atoms with Gasteiger partial charge in [-0.15, -0.1) is 10.2 Å². The summed E-state index contributed by atoms with van der Waals surface area (Å²) >= 11 is 0.976. The van der Waals surface area contributed by atoms with Crippen LogP contribution < -0.4 is 0 Å². The van der Waals surface area contributed by atoms with E-state index in [0.717, 1.165) is 11.5 Å². The number of imidazole rings is 1. The molecule has 0 fully saturated rings. The molecular weight excluding hydrogens is 400 g/mol. The Morgan fingerprint density at radius 2 is 2.00 bits per heavy atom. The van der Waals surface area contributed by atoms with Gasteiger partial charge in [-0.1, -0.05) is 30.3 Å². The van der Waals surface area contributed by atoms with E-state index in [9.17, 15) is 18.5 Å². The second kappa shape index (κ2) is 7.79. The van der Waals surface area contributed by atoms with Crippen LogP contribution in [0.4, 0.5) is 10.8 Å². The molecule has 0 aliphatic carbocycles. The fraction of sp³-hybridized carbons (Fsp3) is 0.176. The van der Waals surface area contributed by atoms with Crippen molar-refractivity contribution in [1.82, 2.24) is 14.3 Å². The van der Waals surface area contributed by atoms with E-state index in [1.807, 2.05) is 12.1 Å². The maximum atomic E-state index is 12.6. The van der Waals surface area contributed by atoms with E-state index in [-0.39, 0.29) is 27.2 Å². The van der Waals surface area contributed by atoms with Gasteiger partial charge in [-0.2, -0.15) is 9.64 Å². The molecular formula is C17H14N6O3S2. The zero-order chi connectivity index (χ0) is 20.3. The standard InChI is InChI=1S/C17H14N6O3S2/c1-10(24)9-28(25,26)17-15(19-14(20-17)12-6-4-3-5-7-12)21-22-16-13(8-18)11(2)23-27-16/h3-7H,9H2,1-2H3,(H,19,20)/b22-21+. The third-order valence-electron chi connectivity index (χ3n) is 3.59. The van der Waals surface area contributed by atoms with Crippen molar-refractivity contribution in [1.29, 1.82) is 5.26 Å². The van der Waals surface area contributed by atoms with E-state index in [2.05, 4.69) is 24.6 Å². The summed E-state index contributed by atoms with van der Waals surface area (Å²) in [6, 6.07) is 10.9. The molecule has 0 amide bonds. The summed E-state index contributed by atoms with van der Waals surface area (Å²) in [5.74, 6) is -1.05. The quantitative estimate of drug-likeness (QED) is 0.612. The number of aromatic nitrogens is 3. The van der Waals surface area contributed by atoms with E-state index >= 15 is 0 Å². The SMILES string of the molecule is CC(=O)CS(=O)(=O)c1nc(-c2ccccc2)[nH]c1/N=N/c1snc(C)c1C#N. The van der Waals surface area contributed by atoms with Crippen LogP contribution in [-0.2, 0) is 14.6 Å². The molecule has 142 valence electrons. The summed E-state index contributed by atoms with van der Waals surface area (Å²) in [6.45, 7) is 2.85. The van der Waals surface area contributed by atoms with Gasteiger partial charge in [0.05, 0.1) is 5.69 Å². The molecule has 0 saturated carbocycles. The predicted molar refractivity (Wildman–Crippen MR) is 102 cm³/mol. The van der Waals surface area contributed by atoms with Crippen molar-refractivity contribution >= 4 is 38.0 Å². The summed E-state index contributed by atoms with van der Waals surface area (Å²) in [6.07, 6.45) is 0. The molecule has 0 radical (unpaired) electrons. The van der Waals surface area contributed by atoms with Gasteiger partial charge in [-0.05, 0) is 25.4 Å². The second-order valence-electron chi connectivity index (χ2n) is 5.83. The van der Waals surface area contributed by atoms with Gasteiger partial charge >= 0.3 is 0 Å². The molecule has 0 saturated heterocycles. The lowest BCUT2D eigenvalue weighted by Gasteiger charge is -1.98.